The molecule has 108 valence electrons. The Balaban J connectivity index is 1.78. The number of rotatable bonds is 2. The smallest absolute Gasteiger partial charge is 0.226 e. The van der Waals surface area contributed by atoms with Crippen LogP contribution in [0.2, 0.25) is 0 Å². The number of hydrogen-bond acceptors (Lipinski definition) is 4. The van der Waals surface area contributed by atoms with Gasteiger partial charge in [-0.2, -0.15) is 0 Å². The van der Waals surface area contributed by atoms with Crippen LogP contribution in [0, 0.1) is 0 Å². The normalized spacial score (nSPS) is 20.2. The average Bonchev–Trinajstić information content (AvgIpc) is 3.03. The van der Waals surface area contributed by atoms with Gasteiger partial charge < -0.3 is 10.6 Å². The third-order valence-corrected chi connectivity index (χ3v) is 4.69. The molecule has 1 saturated heterocycles. The second-order valence-corrected chi connectivity index (χ2v) is 5.93. The number of nitrogens with zero attached hydrogens (tertiary/aromatic N) is 3. The number of benzene rings is 1. The average molecular weight is 280 g/mol. The van der Waals surface area contributed by atoms with E-state index in [4.69, 9.17) is 10.7 Å². The fourth-order valence-electron chi connectivity index (χ4n) is 3.53. The Morgan fingerprint density at radius 2 is 2.05 bits per heavy atom. The summed E-state index contributed by atoms with van der Waals surface area (Å²) < 4.78 is 0. The fraction of sp³-hybridized carbons (Fsp3) is 0.412. The van der Waals surface area contributed by atoms with Gasteiger partial charge in [0.25, 0.3) is 0 Å². The van der Waals surface area contributed by atoms with Crippen LogP contribution >= 0.6 is 0 Å². The van der Waals surface area contributed by atoms with Gasteiger partial charge in [-0.05, 0) is 36.8 Å². The molecule has 0 saturated carbocycles. The predicted molar refractivity (Wildman–Crippen MR) is 84.3 cm³/mol. The van der Waals surface area contributed by atoms with Crippen molar-refractivity contribution in [3.05, 3.63) is 41.6 Å². The topological polar surface area (TPSA) is 55.0 Å². The molecule has 0 amide bonds. The maximum Gasteiger partial charge on any atom is 0.226 e. The second-order valence-electron chi connectivity index (χ2n) is 5.93. The minimum absolute atomic E-state index is 0.391. The molecule has 0 spiro atoms. The molecule has 21 heavy (non-hydrogen) atoms. The molecule has 2 heterocycles. The van der Waals surface area contributed by atoms with Crippen LogP contribution < -0.4 is 10.6 Å². The Kier molecular flexibility index (Phi) is 3.11. The van der Waals surface area contributed by atoms with Crippen LogP contribution in [-0.4, -0.2) is 29.1 Å². The van der Waals surface area contributed by atoms with E-state index in [2.05, 4.69) is 34.1 Å². The first-order valence-electron chi connectivity index (χ1n) is 7.77. The summed E-state index contributed by atoms with van der Waals surface area (Å²) in [7, 11) is 0. The molecule has 0 radical (unpaired) electrons. The molecule has 2 N–H and O–H groups in total. The van der Waals surface area contributed by atoms with Crippen LogP contribution in [-0.2, 0) is 12.8 Å². The van der Waals surface area contributed by atoms with Crippen LogP contribution in [0.4, 0.5) is 5.95 Å². The zero-order valence-corrected chi connectivity index (χ0v) is 12.1. The molecule has 4 nitrogen and oxygen atoms in total. The summed E-state index contributed by atoms with van der Waals surface area (Å²) >= 11 is 0. The molecule has 2 aromatic rings. The van der Waals surface area contributed by atoms with Gasteiger partial charge in [0.05, 0.1) is 5.69 Å². The molecule has 1 aromatic heterocycles. The van der Waals surface area contributed by atoms with Crippen LogP contribution in [0.5, 0.6) is 0 Å². The summed E-state index contributed by atoms with van der Waals surface area (Å²) in [5.74, 6) is 0.846. The maximum absolute atomic E-state index is 5.88. The van der Waals surface area contributed by atoms with Crippen molar-refractivity contribution in [1.29, 1.82) is 0 Å². The molecular formula is C17H20N4. The summed E-state index contributed by atoms with van der Waals surface area (Å²) in [6.07, 6.45) is 6.46. The van der Waals surface area contributed by atoms with Gasteiger partial charge in [0, 0.05) is 30.9 Å². The van der Waals surface area contributed by atoms with Crippen molar-refractivity contribution in [3.63, 3.8) is 0 Å². The quantitative estimate of drug-likeness (QED) is 0.916. The first-order valence-corrected chi connectivity index (χ1v) is 7.77. The van der Waals surface area contributed by atoms with Gasteiger partial charge in [-0.15, -0.1) is 0 Å². The highest BCUT2D eigenvalue weighted by Crippen LogP contribution is 2.33. The molecule has 0 bridgehead atoms. The number of anilines is 1. The largest absolute Gasteiger partial charge is 0.337 e. The zero-order valence-electron chi connectivity index (χ0n) is 12.1. The number of nitrogens with two attached hydrogens (primary N) is 1. The molecule has 1 aromatic carbocycles. The molecule has 2 aliphatic rings. The number of aromatic nitrogens is 2. The zero-order chi connectivity index (χ0) is 14.2. The lowest BCUT2D eigenvalue weighted by Gasteiger charge is -2.25. The van der Waals surface area contributed by atoms with Crippen molar-refractivity contribution in [2.24, 2.45) is 5.73 Å². The monoisotopic (exact) mass is 280 g/mol. The van der Waals surface area contributed by atoms with Crippen molar-refractivity contribution < 1.29 is 0 Å². The highest BCUT2D eigenvalue weighted by molar-refractivity contribution is 5.70. The summed E-state index contributed by atoms with van der Waals surface area (Å²) in [4.78, 5) is 11.8. The second kappa shape index (κ2) is 5.11. The minimum Gasteiger partial charge on any atom is -0.337 e. The van der Waals surface area contributed by atoms with E-state index in [1.54, 1.807) is 0 Å². The lowest BCUT2D eigenvalue weighted by Crippen LogP contribution is -2.36. The molecule has 1 unspecified atom stereocenters. The van der Waals surface area contributed by atoms with Crippen molar-refractivity contribution in [2.75, 3.05) is 18.0 Å². The Labute approximate surface area is 125 Å². The van der Waals surface area contributed by atoms with Gasteiger partial charge in [0.15, 0.2) is 0 Å². The summed E-state index contributed by atoms with van der Waals surface area (Å²) in [5, 5.41) is 0. The van der Waals surface area contributed by atoms with Crippen LogP contribution in [0.25, 0.3) is 11.3 Å². The van der Waals surface area contributed by atoms with E-state index in [0.717, 1.165) is 37.4 Å². The first-order chi connectivity index (χ1) is 10.4. The van der Waals surface area contributed by atoms with Crippen molar-refractivity contribution in [3.8, 4) is 11.3 Å². The number of aryl methyl sites for hydroxylation is 2. The van der Waals surface area contributed by atoms with Gasteiger partial charge >= 0.3 is 0 Å². The molecule has 1 aliphatic heterocycles. The molecule has 1 fully saturated rings. The van der Waals surface area contributed by atoms with Gasteiger partial charge in [-0.25, -0.2) is 9.97 Å². The van der Waals surface area contributed by atoms with E-state index in [1.807, 2.05) is 6.20 Å². The van der Waals surface area contributed by atoms with Gasteiger partial charge in [0.1, 0.15) is 0 Å². The summed E-state index contributed by atoms with van der Waals surface area (Å²) in [6, 6.07) is 8.97. The Morgan fingerprint density at radius 1 is 1.19 bits per heavy atom. The summed E-state index contributed by atoms with van der Waals surface area (Å²) in [6.45, 7) is 1.69. The molecule has 4 heteroatoms. The molecule has 4 rings (SSSR count). The Hall–Kier alpha value is -1.94. The van der Waals surface area contributed by atoms with Gasteiger partial charge in [-0.3, -0.25) is 0 Å². The third-order valence-electron chi connectivity index (χ3n) is 4.69. The maximum atomic E-state index is 5.88. The number of hydrogen-bond donors (Lipinski definition) is 1. The standard InChI is InChI=1S/C17H20N4/c18-10-14-5-3-9-21(14)17-19-11-13-8-7-12-4-1-2-6-15(12)16(13)20-17/h1-2,4,6,11,14H,3,5,7-10,18H2. The lowest BCUT2D eigenvalue weighted by atomic mass is 9.90. The summed E-state index contributed by atoms with van der Waals surface area (Å²) in [5.41, 5.74) is 10.9. The van der Waals surface area contributed by atoms with Crippen molar-refractivity contribution >= 4 is 5.95 Å². The molecule has 1 aliphatic carbocycles. The van der Waals surface area contributed by atoms with Crippen LogP contribution in [0.3, 0.4) is 0 Å². The number of fused-ring (bicyclic) bond motifs is 3. The minimum atomic E-state index is 0.391. The SMILES string of the molecule is NCC1CCCN1c1ncc2c(n1)-c1ccccc1CC2. The van der Waals surface area contributed by atoms with E-state index in [-0.39, 0.29) is 0 Å². The molecular weight excluding hydrogens is 260 g/mol. The van der Waals surface area contributed by atoms with Crippen LogP contribution in [0.15, 0.2) is 30.5 Å². The van der Waals surface area contributed by atoms with Gasteiger partial charge in [0.2, 0.25) is 5.95 Å². The van der Waals surface area contributed by atoms with Crippen LogP contribution in [0.1, 0.15) is 24.0 Å². The van der Waals surface area contributed by atoms with Crippen molar-refractivity contribution in [2.45, 2.75) is 31.7 Å². The van der Waals surface area contributed by atoms with E-state index >= 15 is 0 Å². The lowest BCUT2D eigenvalue weighted by molar-refractivity contribution is 0.663. The third kappa shape index (κ3) is 2.10. The highest BCUT2D eigenvalue weighted by atomic mass is 15.3. The fourth-order valence-corrected chi connectivity index (χ4v) is 3.53. The Bertz CT molecular complexity index is 668. The Morgan fingerprint density at radius 3 is 2.95 bits per heavy atom. The van der Waals surface area contributed by atoms with E-state index in [9.17, 15) is 0 Å². The van der Waals surface area contributed by atoms with E-state index < -0.39 is 0 Å². The van der Waals surface area contributed by atoms with E-state index in [0.29, 0.717) is 12.6 Å². The highest BCUT2D eigenvalue weighted by Gasteiger charge is 2.27. The predicted octanol–water partition coefficient (Wildman–Crippen LogP) is 2.17. The first kappa shape index (κ1) is 12.8. The molecule has 1 atom stereocenters. The van der Waals surface area contributed by atoms with Crippen molar-refractivity contribution in [1.82, 2.24) is 9.97 Å². The van der Waals surface area contributed by atoms with E-state index in [1.165, 1.54) is 23.1 Å². The van der Waals surface area contributed by atoms with Gasteiger partial charge in [-0.1, -0.05) is 24.3 Å².